The summed E-state index contributed by atoms with van der Waals surface area (Å²) in [5.74, 6) is -0.0126. The minimum absolute atomic E-state index is 0.115. The van der Waals surface area contributed by atoms with E-state index in [2.05, 4.69) is 10.3 Å². The van der Waals surface area contributed by atoms with E-state index in [1.165, 1.54) is 23.1 Å². The standard InChI is InChI=1S/C24H24N4O2S2/c1-15-5-8-19(13-16(15)2)28-23(30)22-20(11-12-31-22)26-24(28)32-14-21(29)25-17-6-9-18(10-7-17)27(3)4/h5-13H,14H2,1-4H3,(H,25,29). The van der Waals surface area contributed by atoms with Crippen LogP contribution in [-0.2, 0) is 4.79 Å². The van der Waals surface area contributed by atoms with Gasteiger partial charge in [0, 0.05) is 25.5 Å². The Hall–Kier alpha value is -3.10. The number of aromatic nitrogens is 2. The van der Waals surface area contributed by atoms with Crippen molar-refractivity contribution in [2.45, 2.75) is 19.0 Å². The molecule has 164 valence electrons. The Balaban J connectivity index is 1.60. The second-order valence-corrected chi connectivity index (χ2v) is 9.58. The third-order valence-corrected chi connectivity index (χ3v) is 7.03. The van der Waals surface area contributed by atoms with Gasteiger partial charge in [0.05, 0.1) is 17.0 Å². The van der Waals surface area contributed by atoms with Crippen LogP contribution in [0.5, 0.6) is 0 Å². The van der Waals surface area contributed by atoms with Gasteiger partial charge in [-0.3, -0.25) is 14.2 Å². The molecule has 6 nitrogen and oxygen atoms in total. The van der Waals surface area contributed by atoms with Crippen LogP contribution in [0.1, 0.15) is 11.1 Å². The second-order valence-electron chi connectivity index (χ2n) is 7.72. The molecule has 4 aromatic rings. The summed E-state index contributed by atoms with van der Waals surface area (Å²) in [5.41, 5.74) is 5.33. The maximum absolute atomic E-state index is 13.2. The van der Waals surface area contributed by atoms with Crippen molar-refractivity contribution < 1.29 is 4.79 Å². The monoisotopic (exact) mass is 464 g/mol. The normalized spacial score (nSPS) is 11.0. The van der Waals surface area contributed by atoms with E-state index in [0.29, 0.717) is 15.4 Å². The molecule has 2 aromatic carbocycles. The van der Waals surface area contributed by atoms with Crippen molar-refractivity contribution in [3.05, 3.63) is 75.4 Å². The zero-order valence-corrected chi connectivity index (χ0v) is 20.0. The molecule has 0 radical (unpaired) electrons. The molecular formula is C24H24N4O2S2. The molecule has 0 spiro atoms. The number of nitrogens with one attached hydrogen (secondary N) is 1. The van der Waals surface area contributed by atoms with Gasteiger partial charge in [-0.25, -0.2) is 4.98 Å². The number of thioether (sulfide) groups is 1. The molecule has 0 unspecified atom stereocenters. The number of amides is 1. The van der Waals surface area contributed by atoms with Crippen molar-refractivity contribution in [1.29, 1.82) is 0 Å². The average molecular weight is 465 g/mol. The molecule has 0 saturated heterocycles. The summed E-state index contributed by atoms with van der Waals surface area (Å²) >= 11 is 2.64. The van der Waals surface area contributed by atoms with E-state index in [1.54, 1.807) is 4.57 Å². The summed E-state index contributed by atoms with van der Waals surface area (Å²) < 4.78 is 2.22. The van der Waals surface area contributed by atoms with Gasteiger partial charge in [0.2, 0.25) is 5.91 Å². The van der Waals surface area contributed by atoms with E-state index in [4.69, 9.17) is 0 Å². The highest BCUT2D eigenvalue weighted by atomic mass is 32.2. The van der Waals surface area contributed by atoms with Gasteiger partial charge >= 0.3 is 0 Å². The molecule has 4 rings (SSSR count). The van der Waals surface area contributed by atoms with E-state index in [1.807, 2.05) is 86.8 Å². The second kappa shape index (κ2) is 9.18. The van der Waals surface area contributed by atoms with Crippen LogP contribution >= 0.6 is 23.1 Å². The number of benzene rings is 2. The van der Waals surface area contributed by atoms with Crippen LogP contribution in [0.25, 0.3) is 15.9 Å². The minimum Gasteiger partial charge on any atom is -0.378 e. The van der Waals surface area contributed by atoms with Crippen molar-refractivity contribution in [2.75, 3.05) is 30.1 Å². The van der Waals surface area contributed by atoms with E-state index in [0.717, 1.165) is 28.2 Å². The lowest BCUT2D eigenvalue weighted by atomic mass is 10.1. The highest BCUT2D eigenvalue weighted by Crippen LogP contribution is 2.25. The fourth-order valence-electron chi connectivity index (χ4n) is 3.25. The number of hydrogen-bond donors (Lipinski definition) is 1. The Bertz CT molecular complexity index is 1340. The number of carbonyl (C=O) groups is 1. The predicted molar refractivity (Wildman–Crippen MR) is 135 cm³/mol. The van der Waals surface area contributed by atoms with Gasteiger partial charge in [-0.15, -0.1) is 11.3 Å². The lowest BCUT2D eigenvalue weighted by Crippen LogP contribution is -2.22. The van der Waals surface area contributed by atoms with Gasteiger partial charge < -0.3 is 10.2 Å². The summed E-state index contributed by atoms with van der Waals surface area (Å²) in [6.45, 7) is 4.05. The van der Waals surface area contributed by atoms with Crippen molar-refractivity contribution in [1.82, 2.24) is 9.55 Å². The molecule has 32 heavy (non-hydrogen) atoms. The number of fused-ring (bicyclic) bond motifs is 1. The molecule has 0 bridgehead atoms. The van der Waals surface area contributed by atoms with Crippen molar-refractivity contribution in [3.63, 3.8) is 0 Å². The SMILES string of the molecule is Cc1ccc(-n2c(SCC(=O)Nc3ccc(N(C)C)cc3)nc3ccsc3c2=O)cc1C. The Morgan fingerprint density at radius 1 is 1.09 bits per heavy atom. The van der Waals surface area contributed by atoms with Gasteiger partial charge in [0.1, 0.15) is 4.70 Å². The molecule has 0 aliphatic rings. The van der Waals surface area contributed by atoms with Gasteiger partial charge in [0.25, 0.3) is 5.56 Å². The van der Waals surface area contributed by atoms with Crippen LogP contribution in [-0.4, -0.2) is 35.3 Å². The van der Waals surface area contributed by atoms with Gasteiger partial charge in [-0.2, -0.15) is 0 Å². The highest BCUT2D eigenvalue weighted by Gasteiger charge is 2.16. The molecule has 0 saturated carbocycles. The first-order valence-corrected chi connectivity index (χ1v) is 12.0. The average Bonchev–Trinajstić information content (AvgIpc) is 3.24. The number of nitrogens with zero attached hydrogens (tertiary/aromatic N) is 3. The highest BCUT2D eigenvalue weighted by molar-refractivity contribution is 7.99. The topological polar surface area (TPSA) is 67.2 Å². The van der Waals surface area contributed by atoms with Crippen LogP contribution in [0, 0.1) is 13.8 Å². The number of hydrogen-bond acceptors (Lipinski definition) is 6. The summed E-state index contributed by atoms with van der Waals surface area (Å²) in [4.78, 5) is 32.5. The molecule has 0 aliphatic carbocycles. The van der Waals surface area contributed by atoms with E-state index >= 15 is 0 Å². The number of aryl methyl sites for hydroxylation is 2. The molecule has 1 N–H and O–H groups in total. The summed E-state index contributed by atoms with van der Waals surface area (Å²) in [6.07, 6.45) is 0. The van der Waals surface area contributed by atoms with E-state index in [-0.39, 0.29) is 17.2 Å². The van der Waals surface area contributed by atoms with E-state index < -0.39 is 0 Å². The van der Waals surface area contributed by atoms with Crippen molar-refractivity contribution in [2.24, 2.45) is 0 Å². The van der Waals surface area contributed by atoms with Gasteiger partial charge in [-0.1, -0.05) is 17.8 Å². The first kappa shape index (κ1) is 22.1. The number of carbonyl (C=O) groups excluding carboxylic acids is 1. The molecular weight excluding hydrogens is 440 g/mol. The Morgan fingerprint density at radius 3 is 2.53 bits per heavy atom. The van der Waals surface area contributed by atoms with Crippen molar-refractivity contribution in [3.8, 4) is 5.69 Å². The third kappa shape index (κ3) is 4.56. The zero-order valence-electron chi connectivity index (χ0n) is 18.4. The van der Waals surface area contributed by atoms with Crippen LogP contribution in [0.4, 0.5) is 11.4 Å². The van der Waals surface area contributed by atoms with Crippen molar-refractivity contribution >= 4 is 50.6 Å². The molecule has 2 aromatic heterocycles. The van der Waals surface area contributed by atoms with Crippen LogP contribution < -0.4 is 15.8 Å². The molecule has 8 heteroatoms. The maximum atomic E-state index is 13.2. The smallest absolute Gasteiger partial charge is 0.276 e. The molecule has 0 fully saturated rings. The summed E-state index contributed by atoms with van der Waals surface area (Å²) in [7, 11) is 3.94. The first-order chi connectivity index (χ1) is 15.3. The molecule has 0 atom stereocenters. The summed E-state index contributed by atoms with van der Waals surface area (Å²) in [6, 6.07) is 15.4. The molecule has 2 heterocycles. The van der Waals surface area contributed by atoms with Gasteiger partial charge in [-0.05, 0) is 72.8 Å². The molecule has 1 amide bonds. The summed E-state index contributed by atoms with van der Waals surface area (Å²) in [5, 5.41) is 5.28. The van der Waals surface area contributed by atoms with Crippen LogP contribution in [0.2, 0.25) is 0 Å². The first-order valence-electron chi connectivity index (χ1n) is 10.1. The largest absolute Gasteiger partial charge is 0.378 e. The Morgan fingerprint density at radius 2 is 1.84 bits per heavy atom. The van der Waals surface area contributed by atoms with Crippen LogP contribution in [0.3, 0.4) is 0 Å². The maximum Gasteiger partial charge on any atom is 0.276 e. The third-order valence-electron chi connectivity index (χ3n) is 5.20. The van der Waals surface area contributed by atoms with Gasteiger partial charge in [0.15, 0.2) is 5.16 Å². The fourth-order valence-corrected chi connectivity index (χ4v) is 4.82. The fraction of sp³-hybridized carbons (Fsp3) is 0.208. The minimum atomic E-state index is -0.154. The number of thiophene rings is 1. The quantitative estimate of drug-likeness (QED) is 0.326. The Labute approximate surface area is 194 Å². The number of anilines is 2. The number of rotatable bonds is 6. The zero-order chi connectivity index (χ0) is 22.8. The van der Waals surface area contributed by atoms with E-state index in [9.17, 15) is 9.59 Å². The Kier molecular flexibility index (Phi) is 6.34. The predicted octanol–water partition coefficient (Wildman–Crippen LogP) is 4.86. The lowest BCUT2D eigenvalue weighted by molar-refractivity contribution is -0.113. The van der Waals surface area contributed by atoms with Crippen LogP contribution in [0.15, 0.2) is 63.9 Å². The molecule has 0 aliphatic heterocycles. The lowest BCUT2D eigenvalue weighted by Gasteiger charge is -2.14.